The molecule has 1 aliphatic heterocycles. The van der Waals surface area contributed by atoms with Gasteiger partial charge in [0.05, 0.1) is 5.69 Å². The van der Waals surface area contributed by atoms with Crippen LogP contribution < -0.4 is 10.5 Å². The zero-order valence-electron chi connectivity index (χ0n) is 10.9. The van der Waals surface area contributed by atoms with Crippen molar-refractivity contribution in [2.45, 2.75) is 51.4 Å². The highest BCUT2D eigenvalue weighted by atomic mass is 16.1. The highest BCUT2D eigenvalue weighted by molar-refractivity contribution is 5.34. The molecule has 4 nitrogen and oxygen atoms in total. The lowest BCUT2D eigenvalue weighted by molar-refractivity contribution is 0.566. The highest BCUT2D eigenvalue weighted by Crippen LogP contribution is 2.19. The minimum atomic E-state index is 0.0995. The van der Waals surface area contributed by atoms with Gasteiger partial charge in [-0.1, -0.05) is 6.42 Å². The van der Waals surface area contributed by atoms with E-state index in [0.717, 1.165) is 49.6 Å². The van der Waals surface area contributed by atoms with Gasteiger partial charge in [0.15, 0.2) is 0 Å². The van der Waals surface area contributed by atoms with E-state index in [9.17, 15) is 4.79 Å². The summed E-state index contributed by atoms with van der Waals surface area (Å²) < 4.78 is 0. The maximum absolute atomic E-state index is 12.2. The van der Waals surface area contributed by atoms with Crippen LogP contribution in [-0.4, -0.2) is 23.1 Å². The number of aromatic amines is 1. The molecule has 0 aromatic carbocycles. The van der Waals surface area contributed by atoms with E-state index < -0.39 is 0 Å². The first-order chi connectivity index (χ1) is 8.84. The summed E-state index contributed by atoms with van der Waals surface area (Å²) >= 11 is 0. The zero-order chi connectivity index (χ0) is 12.4. The van der Waals surface area contributed by atoms with Gasteiger partial charge in [0.1, 0.15) is 0 Å². The molecular weight excluding hydrogens is 226 g/mol. The van der Waals surface area contributed by atoms with Crippen LogP contribution in [-0.2, 0) is 12.8 Å². The molecule has 2 aliphatic rings. The maximum atomic E-state index is 12.2. The van der Waals surface area contributed by atoms with E-state index in [2.05, 4.69) is 9.88 Å². The summed E-state index contributed by atoms with van der Waals surface area (Å²) in [6.07, 6.45) is 9.10. The topological polar surface area (TPSA) is 49.0 Å². The van der Waals surface area contributed by atoms with Crippen molar-refractivity contribution in [2.75, 3.05) is 18.0 Å². The van der Waals surface area contributed by atoms with Crippen LogP contribution in [0.4, 0.5) is 5.95 Å². The molecule has 0 saturated carbocycles. The van der Waals surface area contributed by atoms with E-state index in [1.54, 1.807) is 0 Å². The first kappa shape index (κ1) is 11.8. The van der Waals surface area contributed by atoms with Crippen LogP contribution in [0.15, 0.2) is 4.79 Å². The fraction of sp³-hybridized carbons (Fsp3) is 0.714. The number of hydrogen-bond donors (Lipinski definition) is 1. The summed E-state index contributed by atoms with van der Waals surface area (Å²) in [4.78, 5) is 22.1. The highest BCUT2D eigenvalue weighted by Gasteiger charge is 2.18. The third kappa shape index (κ3) is 2.28. The van der Waals surface area contributed by atoms with Crippen LogP contribution in [0.2, 0.25) is 0 Å². The van der Waals surface area contributed by atoms with Gasteiger partial charge in [0.25, 0.3) is 5.56 Å². The summed E-state index contributed by atoms with van der Waals surface area (Å²) in [6.45, 7) is 2.06. The average Bonchev–Trinajstić information content (AvgIpc) is 2.65. The number of nitrogens with one attached hydrogen (secondary N) is 1. The van der Waals surface area contributed by atoms with Crippen molar-refractivity contribution in [3.63, 3.8) is 0 Å². The fourth-order valence-corrected chi connectivity index (χ4v) is 3.02. The second-order valence-electron chi connectivity index (χ2n) is 5.42. The van der Waals surface area contributed by atoms with Crippen molar-refractivity contribution in [1.29, 1.82) is 0 Å². The summed E-state index contributed by atoms with van der Waals surface area (Å²) in [5.74, 6) is 0.806. The second kappa shape index (κ2) is 5.12. The smallest absolute Gasteiger partial charge is 0.255 e. The average molecular weight is 247 g/mol. The minimum Gasteiger partial charge on any atom is -0.342 e. The van der Waals surface area contributed by atoms with Crippen molar-refractivity contribution in [3.8, 4) is 0 Å². The van der Waals surface area contributed by atoms with Gasteiger partial charge < -0.3 is 4.90 Å². The number of piperidine rings is 1. The SMILES string of the molecule is O=c1[nH]c(N2CCCCC2)nc2c1CCCCC2. The molecule has 18 heavy (non-hydrogen) atoms. The van der Waals surface area contributed by atoms with Crippen LogP contribution >= 0.6 is 0 Å². The Morgan fingerprint density at radius 1 is 0.944 bits per heavy atom. The molecule has 0 bridgehead atoms. The molecule has 1 aromatic heterocycles. The number of rotatable bonds is 1. The van der Waals surface area contributed by atoms with E-state index in [1.165, 1.54) is 32.1 Å². The molecule has 1 aromatic rings. The number of H-pyrrole nitrogens is 1. The molecule has 1 N–H and O–H groups in total. The summed E-state index contributed by atoms with van der Waals surface area (Å²) in [5.41, 5.74) is 2.09. The molecule has 98 valence electrons. The first-order valence-electron chi connectivity index (χ1n) is 7.21. The molecule has 0 radical (unpaired) electrons. The Bertz CT molecular complexity index is 474. The van der Waals surface area contributed by atoms with Gasteiger partial charge in [-0.3, -0.25) is 9.78 Å². The van der Waals surface area contributed by atoms with Gasteiger partial charge in [0, 0.05) is 18.7 Å². The van der Waals surface area contributed by atoms with Crippen molar-refractivity contribution in [1.82, 2.24) is 9.97 Å². The van der Waals surface area contributed by atoms with Gasteiger partial charge in [-0.25, -0.2) is 4.98 Å². The predicted octanol–water partition coefficient (Wildman–Crippen LogP) is 2.03. The molecule has 0 amide bonds. The largest absolute Gasteiger partial charge is 0.342 e. The Labute approximate surface area is 107 Å². The summed E-state index contributed by atoms with van der Waals surface area (Å²) in [5, 5.41) is 0. The lowest BCUT2D eigenvalue weighted by atomic mass is 10.1. The first-order valence-corrected chi connectivity index (χ1v) is 7.21. The Kier molecular flexibility index (Phi) is 3.35. The van der Waals surface area contributed by atoms with E-state index in [0.29, 0.717) is 0 Å². The lowest BCUT2D eigenvalue weighted by Gasteiger charge is -2.27. The van der Waals surface area contributed by atoms with E-state index in [-0.39, 0.29) is 5.56 Å². The Morgan fingerprint density at radius 3 is 2.50 bits per heavy atom. The normalized spacial score (nSPS) is 20.3. The summed E-state index contributed by atoms with van der Waals surface area (Å²) in [7, 11) is 0. The van der Waals surface area contributed by atoms with Crippen molar-refractivity contribution >= 4 is 5.95 Å². The van der Waals surface area contributed by atoms with E-state index in [1.807, 2.05) is 0 Å². The van der Waals surface area contributed by atoms with Gasteiger partial charge in [-0.2, -0.15) is 0 Å². The van der Waals surface area contributed by atoms with Crippen molar-refractivity contribution in [2.24, 2.45) is 0 Å². The summed E-state index contributed by atoms with van der Waals surface area (Å²) in [6, 6.07) is 0. The number of aromatic nitrogens is 2. The third-order valence-corrected chi connectivity index (χ3v) is 4.08. The third-order valence-electron chi connectivity index (χ3n) is 4.08. The van der Waals surface area contributed by atoms with E-state index in [4.69, 9.17) is 4.98 Å². The molecule has 2 heterocycles. The number of aryl methyl sites for hydroxylation is 1. The second-order valence-corrected chi connectivity index (χ2v) is 5.42. The lowest BCUT2D eigenvalue weighted by Crippen LogP contribution is -2.33. The molecule has 0 atom stereocenters. The van der Waals surface area contributed by atoms with Crippen LogP contribution in [0.25, 0.3) is 0 Å². The van der Waals surface area contributed by atoms with Gasteiger partial charge in [-0.15, -0.1) is 0 Å². The Morgan fingerprint density at radius 2 is 1.67 bits per heavy atom. The van der Waals surface area contributed by atoms with E-state index >= 15 is 0 Å². The van der Waals surface area contributed by atoms with Crippen LogP contribution in [0.1, 0.15) is 49.8 Å². The number of fused-ring (bicyclic) bond motifs is 1. The molecule has 1 aliphatic carbocycles. The van der Waals surface area contributed by atoms with Crippen LogP contribution in [0.3, 0.4) is 0 Å². The van der Waals surface area contributed by atoms with Crippen LogP contribution in [0.5, 0.6) is 0 Å². The maximum Gasteiger partial charge on any atom is 0.255 e. The van der Waals surface area contributed by atoms with Crippen molar-refractivity contribution < 1.29 is 0 Å². The molecule has 4 heteroatoms. The monoisotopic (exact) mass is 247 g/mol. The van der Waals surface area contributed by atoms with Gasteiger partial charge in [-0.05, 0) is 44.9 Å². The molecule has 1 fully saturated rings. The number of hydrogen-bond acceptors (Lipinski definition) is 3. The fourth-order valence-electron chi connectivity index (χ4n) is 3.02. The van der Waals surface area contributed by atoms with Gasteiger partial charge >= 0.3 is 0 Å². The minimum absolute atomic E-state index is 0.0995. The zero-order valence-corrected chi connectivity index (χ0v) is 10.9. The Balaban J connectivity index is 1.94. The standard InChI is InChI=1S/C14H21N3O/c18-13-11-7-3-1-4-8-12(11)15-14(16-13)17-9-5-2-6-10-17/h1-10H2,(H,15,16,18). The molecule has 0 spiro atoms. The molecule has 1 saturated heterocycles. The number of nitrogens with zero attached hydrogens (tertiary/aromatic N) is 2. The predicted molar refractivity (Wildman–Crippen MR) is 72.2 cm³/mol. The van der Waals surface area contributed by atoms with Crippen molar-refractivity contribution in [3.05, 3.63) is 21.6 Å². The van der Waals surface area contributed by atoms with Gasteiger partial charge in [0.2, 0.25) is 5.95 Å². The van der Waals surface area contributed by atoms with Crippen LogP contribution in [0, 0.1) is 0 Å². The molecule has 3 rings (SSSR count). The molecular formula is C14H21N3O. The number of anilines is 1. The molecule has 0 unspecified atom stereocenters. The quantitative estimate of drug-likeness (QED) is 0.772. The Hall–Kier alpha value is -1.32.